The van der Waals surface area contributed by atoms with Gasteiger partial charge in [-0.3, -0.25) is 14.7 Å². The van der Waals surface area contributed by atoms with Crippen LogP contribution in [0.15, 0.2) is 54.6 Å². The lowest BCUT2D eigenvalue weighted by Gasteiger charge is -2.09. The normalized spacial score (nSPS) is 11.1. The number of nitrogens with zero attached hydrogens (tertiary/aromatic N) is 1. The van der Waals surface area contributed by atoms with Gasteiger partial charge in [0.15, 0.2) is 5.82 Å². The summed E-state index contributed by atoms with van der Waals surface area (Å²) in [4.78, 5) is 22.8. The van der Waals surface area contributed by atoms with Crippen LogP contribution in [0.3, 0.4) is 0 Å². The molecular weight excluding hydrogens is 363 g/mol. The molecule has 1 amide bonds. The van der Waals surface area contributed by atoms with E-state index in [1.54, 1.807) is 30.3 Å². The summed E-state index contributed by atoms with van der Waals surface area (Å²) in [5.74, 6) is -0.715. The Balaban J connectivity index is 1.67. The highest BCUT2D eigenvalue weighted by Gasteiger charge is 2.31. The minimum absolute atomic E-state index is 0.143. The smallest absolute Gasteiger partial charge is 0.406 e. The Morgan fingerprint density at radius 3 is 2.33 bits per heavy atom. The largest absolute Gasteiger partial charge is 0.573 e. The summed E-state index contributed by atoms with van der Waals surface area (Å²) in [6.45, 7) is 0. The minimum atomic E-state index is -4.79. The molecule has 0 bridgehead atoms. The second-order valence-corrected chi connectivity index (χ2v) is 5.43. The van der Waals surface area contributed by atoms with E-state index in [0.717, 1.165) is 24.0 Å². The van der Waals surface area contributed by atoms with Gasteiger partial charge in [0.2, 0.25) is 0 Å². The quantitative estimate of drug-likeness (QED) is 0.659. The Hall–Kier alpha value is -3.62. The zero-order valence-electron chi connectivity index (χ0n) is 13.6. The van der Waals surface area contributed by atoms with Gasteiger partial charge in [0.05, 0.1) is 5.69 Å². The fraction of sp³-hybridized carbons (Fsp3) is 0.0556. The van der Waals surface area contributed by atoms with Crippen LogP contribution >= 0.6 is 0 Å². The van der Waals surface area contributed by atoms with E-state index in [0.29, 0.717) is 11.3 Å². The molecule has 0 unspecified atom stereocenters. The van der Waals surface area contributed by atoms with Gasteiger partial charge in [-0.25, -0.2) is 0 Å². The van der Waals surface area contributed by atoms with E-state index in [4.69, 9.17) is 0 Å². The third-order valence-electron chi connectivity index (χ3n) is 3.53. The fourth-order valence-corrected chi connectivity index (χ4v) is 2.27. The number of aldehydes is 1. The van der Waals surface area contributed by atoms with Crippen molar-refractivity contribution in [2.75, 3.05) is 5.32 Å². The molecule has 0 saturated heterocycles. The molecule has 0 spiro atoms. The zero-order chi connectivity index (χ0) is 19.4. The number of carbonyl (C=O) groups excluding carboxylic acids is 2. The SMILES string of the molecule is O=Cc1ccc(-c2cc(NC(=O)c3ccc(OC(F)(F)F)cc3)n[nH]2)cc1. The molecule has 0 aliphatic carbocycles. The Kier molecular flexibility index (Phi) is 4.93. The molecule has 27 heavy (non-hydrogen) atoms. The van der Waals surface area contributed by atoms with E-state index < -0.39 is 18.0 Å². The molecule has 0 aliphatic rings. The van der Waals surface area contributed by atoms with Crippen molar-refractivity contribution < 1.29 is 27.5 Å². The number of nitrogens with one attached hydrogen (secondary N) is 2. The Morgan fingerprint density at radius 2 is 1.74 bits per heavy atom. The molecule has 2 N–H and O–H groups in total. The van der Waals surface area contributed by atoms with Crippen molar-refractivity contribution in [3.63, 3.8) is 0 Å². The van der Waals surface area contributed by atoms with Gasteiger partial charge in [0.25, 0.3) is 5.91 Å². The number of aromatic nitrogens is 2. The van der Waals surface area contributed by atoms with Crippen molar-refractivity contribution in [3.8, 4) is 17.0 Å². The number of hydrogen-bond donors (Lipinski definition) is 2. The van der Waals surface area contributed by atoms with Crippen LogP contribution in [0.1, 0.15) is 20.7 Å². The first-order chi connectivity index (χ1) is 12.8. The highest BCUT2D eigenvalue weighted by atomic mass is 19.4. The van der Waals surface area contributed by atoms with Crippen molar-refractivity contribution in [3.05, 3.63) is 65.7 Å². The first kappa shape index (κ1) is 18.2. The molecule has 0 saturated carbocycles. The summed E-state index contributed by atoms with van der Waals surface area (Å²) in [6, 6.07) is 12.8. The monoisotopic (exact) mass is 375 g/mol. The molecule has 1 heterocycles. The van der Waals surface area contributed by atoms with E-state index >= 15 is 0 Å². The number of benzene rings is 2. The second kappa shape index (κ2) is 7.32. The van der Waals surface area contributed by atoms with Crippen LogP contribution < -0.4 is 10.1 Å². The predicted octanol–water partition coefficient (Wildman–Crippen LogP) is 4.04. The average molecular weight is 375 g/mol. The third kappa shape index (κ3) is 4.72. The van der Waals surface area contributed by atoms with Crippen molar-refractivity contribution in [1.82, 2.24) is 10.2 Å². The van der Waals surface area contributed by atoms with Crippen LogP contribution in [0.4, 0.5) is 19.0 Å². The van der Waals surface area contributed by atoms with Gasteiger partial charge in [-0.2, -0.15) is 5.10 Å². The molecule has 0 aliphatic heterocycles. The van der Waals surface area contributed by atoms with Crippen LogP contribution in [0.5, 0.6) is 5.75 Å². The van der Waals surface area contributed by atoms with E-state index in [1.807, 2.05) is 0 Å². The van der Waals surface area contributed by atoms with Crippen LogP contribution in [0.25, 0.3) is 11.3 Å². The molecule has 3 rings (SSSR count). The topological polar surface area (TPSA) is 84.1 Å². The summed E-state index contributed by atoms with van der Waals surface area (Å²) in [5, 5.41) is 9.26. The number of rotatable bonds is 5. The van der Waals surface area contributed by atoms with Gasteiger partial charge in [-0.05, 0) is 29.8 Å². The predicted molar refractivity (Wildman–Crippen MR) is 90.5 cm³/mol. The van der Waals surface area contributed by atoms with E-state index in [9.17, 15) is 22.8 Å². The van der Waals surface area contributed by atoms with Crippen molar-refractivity contribution in [2.24, 2.45) is 0 Å². The number of H-pyrrole nitrogens is 1. The van der Waals surface area contributed by atoms with E-state index in [2.05, 4.69) is 20.3 Å². The first-order valence-electron chi connectivity index (χ1n) is 7.62. The lowest BCUT2D eigenvalue weighted by Crippen LogP contribution is -2.17. The van der Waals surface area contributed by atoms with Crippen LogP contribution in [-0.2, 0) is 0 Å². The van der Waals surface area contributed by atoms with Gasteiger partial charge in [0.1, 0.15) is 12.0 Å². The molecule has 3 aromatic rings. The lowest BCUT2D eigenvalue weighted by molar-refractivity contribution is -0.274. The number of amides is 1. The summed E-state index contributed by atoms with van der Waals surface area (Å²) in [7, 11) is 0. The summed E-state index contributed by atoms with van der Waals surface area (Å²) in [5.41, 5.74) is 2.06. The molecule has 1 aromatic heterocycles. The molecule has 0 fully saturated rings. The summed E-state index contributed by atoms with van der Waals surface area (Å²) >= 11 is 0. The number of ether oxygens (including phenoxy) is 1. The van der Waals surface area contributed by atoms with Gasteiger partial charge in [0, 0.05) is 17.2 Å². The minimum Gasteiger partial charge on any atom is -0.406 e. The first-order valence-corrected chi connectivity index (χ1v) is 7.62. The van der Waals surface area contributed by atoms with Gasteiger partial charge in [-0.15, -0.1) is 13.2 Å². The van der Waals surface area contributed by atoms with Crippen LogP contribution in [0.2, 0.25) is 0 Å². The fourth-order valence-electron chi connectivity index (χ4n) is 2.27. The number of aromatic amines is 1. The van der Waals surface area contributed by atoms with E-state index in [1.165, 1.54) is 12.1 Å². The maximum absolute atomic E-state index is 12.2. The van der Waals surface area contributed by atoms with Gasteiger partial charge in [-0.1, -0.05) is 24.3 Å². The number of halogens is 3. The molecular formula is C18H12F3N3O3. The molecule has 0 atom stereocenters. The molecule has 2 aromatic carbocycles. The Labute approximate surface area is 151 Å². The Bertz CT molecular complexity index is 948. The van der Waals surface area contributed by atoms with Crippen molar-refractivity contribution in [1.29, 1.82) is 0 Å². The highest BCUT2D eigenvalue weighted by Crippen LogP contribution is 2.23. The second-order valence-electron chi connectivity index (χ2n) is 5.43. The molecule has 138 valence electrons. The van der Waals surface area contributed by atoms with Crippen molar-refractivity contribution >= 4 is 18.0 Å². The van der Waals surface area contributed by atoms with Gasteiger partial charge >= 0.3 is 6.36 Å². The maximum Gasteiger partial charge on any atom is 0.573 e. The van der Waals surface area contributed by atoms with Crippen LogP contribution in [-0.4, -0.2) is 28.8 Å². The average Bonchev–Trinajstić information content (AvgIpc) is 3.09. The van der Waals surface area contributed by atoms with Gasteiger partial charge < -0.3 is 10.1 Å². The third-order valence-corrected chi connectivity index (χ3v) is 3.53. The maximum atomic E-state index is 12.2. The number of carbonyl (C=O) groups is 2. The molecule has 9 heteroatoms. The number of anilines is 1. The number of alkyl halides is 3. The summed E-state index contributed by atoms with van der Waals surface area (Å²) in [6.07, 6.45) is -4.06. The van der Waals surface area contributed by atoms with Crippen molar-refractivity contribution in [2.45, 2.75) is 6.36 Å². The summed E-state index contributed by atoms with van der Waals surface area (Å²) < 4.78 is 40.2. The highest BCUT2D eigenvalue weighted by molar-refractivity contribution is 6.04. The van der Waals surface area contributed by atoms with Crippen LogP contribution in [0, 0.1) is 0 Å². The van der Waals surface area contributed by atoms with E-state index in [-0.39, 0.29) is 11.4 Å². The number of hydrogen-bond acceptors (Lipinski definition) is 4. The molecule has 0 radical (unpaired) electrons. The zero-order valence-corrected chi connectivity index (χ0v) is 13.6. The molecule has 6 nitrogen and oxygen atoms in total. The Morgan fingerprint density at radius 1 is 1.07 bits per heavy atom. The lowest BCUT2D eigenvalue weighted by atomic mass is 10.1. The standard InChI is InChI=1S/C18H12F3N3O3/c19-18(20,21)27-14-7-5-13(6-8-14)17(26)22-16-9-15(23-24-16)12-3-1-11(10-25)2-4-12/h1-10H,(H2,22,23,24,26).